The van der Waals surface area contributed by atoms with E-state index >= 15 is 0 Å². The van der Waals surface area contributed by atoms with Crippen LogP contribution >= 0.6 is 0 Å². The Morgan fingerprint density at radius 2 is 2.23 bits per heavy atom. The number of carbonyl (C=O) groups is 2. The number of rotatable bonds is 6. The Labute approximate surface area is 150 Å². The van der Waals surface area contributed by atoms with Gasteiger partial charge in [-0.1, -0.05) is 6.08 Å². The van der Waals surface area contributed by atoms with Crippen LogP contribution in [0.4, 0.5) is 8.78 Å². The number of aromatic amines is 1. The Balaban J connectivity index is 1.63. The van der Waals surface area contributed by atoms with E-state index in [4.69, 9.17) is 0 Å². The van der Waals surface area contributed by atoms with E-state index in [9.17, 15) is 18.4 Å². The number of likely N-dealkylation sites (tertiary alicyclic amines) is 1. The van der Waals surface area contributed by atoms with Gasteiger partial charge in [0.25, 0.3) is 0 Å². The lowest BCUT2D eigenvalue weighted by Crippen LogP contribution is -2.34. The number of carbonyl (C=O) groups excluding carboxylic acids is 2. The minimum absolute atomic E-state index is 0.0523. The first-order valence-electron chi connectivity index (χ1n) is 8.53. The van der Waals surface area contributed by atoms with Crippen LogP contribution < -0.4 is 5.32 Å². The predicted octanol–water partition coefficient (Wildman–Crippen LogP) is 2.45. The summed E-state index contributed by atoms with van der Waals surface area (Å²) >= 11 is 0. The SMILES string of the molecule is C=CCN1CC(C(=O)NCCc2c(C)[nH]c3c(F)cc(F)cc23)CC1=O. The Bertz CT molecular complexity index is 875. The molecule has 1 aliphatic heterocycles. The molecule has 7 heteroatoms. The van der Waals surface area contributed by atoms with Crippen molar-refractivity contribution in [2.24, 2.45) is 5.92 Å². The third-order valence-corrected chi connectivity index (χ3v) is 4.75. The summed E-state index contributed by atoms with van der Waals surface area (Å²) in [4.78, 5) is 28.6. The highest BCUT2D eigenvalue weighted by atomic mass is 19.1. The molecule has 2 amide bonds. The zero-order valence-corrected chi connectivity index (χ0v) is 14.6. The Morgan fingerprint density at radius 3 is 2.96 bits per heavy atom. The van der Waals surface area contributed by atoms with Crippen LogP contribution in [0.3, 0.4) is 0 Å². The second-order valence-corrected chi connectivity index (χ2v) is 6.57. The number of nitrogens with one attached hydrogen (secondary N) is 2. The van der Waals surface area contributed by atoms with Gasteiger partial charge in [-0.15, -0.1) is 6.58 Å². The van der Waals surface area contributed by atoms with Gasteiger partial charge in [0.1, 0.15) is 11.6 Å². The van der Waals surface area contributed by atoms with Gasteiger partial charge in [0, 0.05) is 43.2 Å². The van der Waals surface area contributed by atoms with Crippen LogP contribution in [0, 0.1) is 24.5 Å². The lowest BCUT2D eigenvalue weighted by Gasteiger charge is -2.14. The van der Waals surface area contributed by atoms with Gasteiger partial charge < -0.3 is 15.2 Å². The Morgan fingerprint density at radius 1 is 1.46 bits per heavy atom. The lowest BCUT2D eigenvalue weighted by molar-refractivity contribution is -0.128. The van der Waals surface area contributed by atoms with E-state index in [1.54, 1.807) is 17.9 Å². The fourth-order valence-electron chi connectivity index (χ4n) is 3.46. The topological polar surface area (TPSA) is 65.2 Å². The van der Waals surface area contributed by atoms with E-state index in [1.807, 2.05) is 0 Å². The molecule has 1 aromatic heterocycles. The van der Waals surface area contributed by atoms with Crippen LogP contribution in [0.25, 0.3) is 10.9 Å². The van der Waals surface area contributed by atoms with Gasteiger partial charge in [-0.3, -0.25) is 9.59 Å². The van der Waals surface area contributed by atoms with Crippen LogP contribution in [0.1, 0.15) is 17.7 Å². The van der Waals surface area contributed by atoms with Crippen LogP contribution in [-0.4, -0.2) is 41.3 Å². The van der Waals surface area contributed by atoms with E-state index in [0.29, 0.717) is 31.4 Å². The summed E-state index contributed by atoms with van der Waals surface area (Å²) in [6, 6.07) is 2.14. The molecule has 5 nitrogen and oxygen atoms in total. The summed E-state index contributed by atoms with van der Waals surface area (Å²) in [5, 5.41) is 3.31. The van der Waals surface area contributed by atoms with E-state index in [-0.39, 0.29) is 29.7 Å². The second-order valence-electron chi connectivity index (χ2n) is 6.57. The monoisotopic (exact) mass is 361 g/mol. The molecule has 0 spiro atoms. The fraction of sp³-hybridized carbons (Fsp3) is 0.368. The van der Waals surface area contributed by atoms with Crippen molar-refractivity contribution in [1.82, 2.24) is 15.2 Å². The van der Waals surface area contributed by atoms with Crippen molar-refractivity contribution < 1.29 is 18.4 Å². The second kappa shape index (κ2) is 7.27. The summed E-state index contributed by atoms with van der Waals surface area (Å²) in [5.74, 6) is -1.87. The number of hydrogen-bond donors (Lipinski definition) is 2. The molecule has 0 bridgehead atoms. The van der Waals surface area contributed by atoms with Crippen molar-refractivity contribution in [3.05, 3.63) is 47.7 Å². The highest BCUT2D eigenvalue weighted by Crippen LogP contribution is 2.26. The molecule has 2 N–H and O–H groups in total. The third kappa shape index (κ3) is 3.47. The molecule has 3 rings (SSSR count). The molecule has 2 aromatic rings. The zero-order valence-electron chi connectivity index (χ0n) is 14.6. The first-order valence-corrected chi connectivity index (χ1v) is 8.53. The maximum Gasteiger partial charge on any atom is 0.225 e. The van der Waals surface area contributed by atoms with Crippen molar-refractivity contribution >= 4 is 22.7 Å². The van der Waals surface area contributed by atoms with E-state index in [0.717, 1.165) is 17.3 Å². The highest BCUT2D eigenvalue weighted by molar-refractivity contribution is 5.89. The molecular weight excluding hydrogens is 340 g/mol. The number of H-pyrrole nitrogens is 1. The quantitative estimate of drug-likeness (QED) is 0.777. The summed E-state index contributed by atoms with van der Waals surface area (Å²) in [7, 11) is 0. The molecule has 1 saturated heterocycles. The molecule has 0 aliphatic carbocycles. The van der Waals surface area contributed by atoms with Crippen molar-refractivity contribution in [3.63, 3.8) is 0 Å². The first-order chi connectivity index (χ1) is 12.4. The van der Waals surface area contributed by atoms with Gasteiger partial charge >= 0.3 is 0 Å². The molecule has 1 atom stereocenters. The third-order valence-electron chi connectivity index (χ3n) is 4.75. The van der Waals surface area contributed by atoms with Crippen molar-refractivity contribution in [2.75, 3.05) is 19.6 Å². The zero-order chi connectivity index (χ0) is 18.8. The van der Waals surface area contributed by atoms with Gasteiger partial charge in [-0.2, -0.15) is 0 Å². The van der Waals surface area contributed by atoms with Gasteiger partial charge in [0.15, 0.2) is 0 Å². The van der Waals surface area contributed by atoms with E-state index < -0.39 is 11.6 Å². The molecular formula is C19H21F2N3O2. The maximum absolute atomic E-state index is 13.8. The molecule has 2 heterocycles. The molecule has 0 radical (unpaired) electrons. The summed E-state index contributed by atoms with van der Waals surface area (Å²) in [6.45, 7) is 6.55. The highest BCUT2D eigenvalue weighted by Gasteiger charge is 2.33. The number of benzene rings is 1. The standard InChI is InChI=1S/C19H21F2N3O2/c1-3-6-24-10-12(7-17(24)25)19(26)22-5-4-14-11(2)23-18-15(14)8-13(20)9-16(18)21/h3,8-9,12,23H,1,4-7,10H2,2H3,(H,22,26). The number of hydrogen-bond acceptors (Lipinski definition) is 2. The minimum Gasteiger partial charge on any atom is -0.356 e. The lowest BCUT2D eigenvalue weighted by atomic mass is 10.1. The van der Waals surface area contributed by atoms with Crippen LogP contribution in [0.5, 0.6) is 0 Å². The van der Waals surface area contributed by atoms with Crippen LogP contribution in [0.2, 0.25) is 0 Å². The van der Waals surface area contributed by atoms with Gasteiger partial charge in [0.2, 0.25) is 11.8 Å². The molecule has 1 aliphatic rings. The number of aryl methyl sites for hydroxylation is 1. The van der Waals surface area contributed by atoms with Gasteiger partial charge in [-0.05, 0) is 25.0 Å². The summed E-state index contributed by atoms with van der Waals surface area (Å²) < 4.78 is 27.4. The number of aromatic nitrogens is 1. The number of fused-ring (bicyclic) bond motifs is 1. The number of nitrogens with zero attached hydrogens (tertiary/aromatic N) is 1. The minimum atomic E-state index is -0.634. The molecule has 1 aromatic carbocycles. The Hall–Kier alpha value is -2.70. The molecule has 0 saturated carbocycles. The largest absolute Gasteiger partial charge is 0.356 e. The van der Waals surface area contributed by atoms with E-state index in [1.165, 1.54) is 6.07 Å². The normalized spacial score (nSPS) is 17.1. The average Bonchev–Trinajstić information content (AvgIpc) is 3.09. The smallest absolute Gasteiger partial charge is 0.225 e. The molecule has 1 fully saturated rings. The summed E-state index contributed by atoms with van der Waals surface area (Å²) in [5.41, 5.74) is 1.79. The van der Waals surface area contributed by atoms with Gasteiger partial charge in [0.05, 0.1) is 11.4 Å². The van der Waals surface area contributed by atoms with Crippen molar-refractivity contribution in [2.45, 2.75) is 19.8 Å². The summed E-state index contributed by atoms with van der Waals surface area (Å²) in [6.07, 6.45) is 2.27. The molecule has 26 heavy (non-hydrogen) atoms. The number of halogens is 2. The average molecular weight is 361 g/mol. The number of amides is 2. The van der Waals surface area contributed by atoms with Crippen molar-refractivity contribution in [1.29, 1.82) is 0 Å². The van der Waals surface area contributed by atoms with Crippen LogP contribution in [-0.2, 0) is 16.0 Å². The fourth-order valence-corrected chi connectivity index (χ4v) is 3.46. The van der Waals surface area contributed by atoms with E-state index in [2.05, 4.69) is 16.9 Å². The molecule has 1 unspecified atom stereocenters. The van der Waals surface area contributed by atoms with Crippen LogP contribution in [0.15, 0.2) is 24.8 Å². The first kappa shape index (κ1) is 18.1. The Kier molecular flexibility index (Phi) is 5.06. The van der Waals surface area contributed by atoms with Gasteiger partial charge in [-0.25, -0.2) is 8.78 Å². The maximum atomic E-state index is 13.8. The predicted molar refractivity (Wildman–Crippen MR) is 94.5 cm³/mol. The van der Waals surface area contributed by atoms with Crippen molar-refractivity contribution in [3.8, 4) is 0 Å². The molecule has 138 valence electrons.